The zero-order chi connectivity index (χ0) is 9.14. The fourth-order valence-corrected chi connectivity index (χ4v) is 2.42. The van der Waals surface area contributed by atoms with Gasteiger partial charge in [0.15, 0.2) is 4.73 Å². The van der Waals surface area contributed by atoms with Crippen molar-refractivity contribution in [2.45, 2.75) is 25.6 Å². The monoisotopic (exact) mass is 248 g/mol. The predicted molar refractivity (Wildman–Crippen MR) is 57.5 cm³/mol. The Hall–Kier alpha value is 0.0400. The largest absolute Gasteiger partial charge is 0.319 e. The van der Waals surface area contributed by atoms with Gasteiger partial charge in [0.1, 0.15) is 0 Å². The molecule has 0 spiro atoms. The number of imidazole rings is 1. The van der Waals surface area contributed by atoms with Crippen LogP contribution in [-0.2, 0) is 5.75 Å². The minimum Gasteiger partial charge on any atom is -0.319 e. The molecule has 0 radical (unpaired) electrons. The third-order valence-corrected chi connectivity index (χ3v) is 2.81. The molecule has 0 N–H and O–H groups in total. The van der Waals surface area contributed by atoms with Gasteiger partial charge in [-0.25, -0.2) is 4.98 Å². The molecule has 1 aromatic rings. The summed E-state index contributed by atoms with van der Waals surface area (Å²) in [4.78, 5) is 4.22. The van der Waals surface area contributed by atoms with Gasteiger partial charge >= 0.3 is 0 Å². The maximum Gasteiger partial charge on any atom is 0.177 e. The van der Waals surface area contributed by atoms with E-state index in [1.165, 1.54) is 5.69 Å². The van der Waals surface area contributed by atoms with Gasteiger partial charge in [-0.05, 0) is 36.0 Å². The SMILES string of the molecule is CSCc1cnc(Br)n1C(C)C. The quantitative estimate of drug-likeness (QED) is 0.819. The molecule has 1 heterocycles. The van der Waals surface area contributed by atoms with E-state index in [1.54, 1.807) is 0 Å². The van der Waals surface area contributed by atoms with E-state index in [-0.39, 0.29) is 0 Å². The van der Waals surface area contributed by atoms with Crippen molar-refractivity contribution < 1.29 is 0 Å². The second kappa shape index (κ2) is 4.33. The van der Waals surface area contributed by atoms with Crippen molar-refractivity contribution in [2.75, 3.05) is 6.26 Å². The van der Waals surface area contributed by atoms with Gasteiger partial charge in [-0.15, -0.1) is 0 Å². The van der Waals surface area contributed by atoms with Crippen molar-refractivity contribution in [3.05, 3.63) is 16.6 Å². The lowest BCUT2D eigenvalue weighted by Crippen LogP contribution is -2.04. The second-order valence-corrected chi connectivity index (χ2v) is 4.49. The molecule has 4 heteroatoms. The zero-order valence-electron chi connectivity index (χ0n) is 7.54. The van der Waals surface area contributed by atoms with Crippen molar-refractivity contribution in [1.29, 1.82) is 0 Å². The third-order valence-electron chi connectivity index (χ3n) is 1.64. The fraction of sp³-hybridized carbons (Fsp3) is 0.625. The Morgan fingerprint density at radius 2 is 2.33 bits per heavy atom. The van der Waals surface area contributed by atoms with E-state index in [0.29, 0.717) is 6.04 Å². The summed E-state index contributed by atoms with van der Waals surface area (Å²) in [6, 6.07) is 0.476. The molecular formula is C8H13BrN2S. The van der Waals surface area contributed by atoms with Crippen LogP contribution in [-0.4, -0.2) is 15.8 Å². The lowest BCUT2D eigenvalue weighted by Gasteiger charge is -2.12. The van der Waals surface area contributed by atoms with Gasteiger partial charge in [-0.3, -0.25) is 0 Å². The molecule has 1 aromatic heterocycles. The highest BCUT2D eigenvalue weighted by atomic mass is 79.9. The van der Waals surface area contributed by atoms with Crippen molar-refractivity contribution in [3.63, 3.8) is 0 Å². The van der Waals surface area contributed by atoms with E-state index >= 15 is 0 Å². The van der Waals surface area contributed by atoms with Crippen LogP contribution in [0.25, 0.3) is 0 Å². The Labute approximate surface area is 85.9 Å². The molecule has 0 saturated carbocycles. The summed E-state index contributed by atoms with van der Waals surface area (Å²) in [5.74, 6) is 1.02. The molecule has 1 rings (SSSR count). The van der Waals surface area contributed by atoms with Crippen LogP contribution in [0.2, 0.25) is 0 Å². The molecule has 0 unspecified atom stereocenters. The maximum absolute atomic E-state index is 4.22. The van der Waals surface area contributed by atoms with Crippen LogP contribution in [0.1, 0.15) is 25.6 Å². The van der Waals surface area contributed by atoms with Crippen LogP contribution < -0.4 is 0 Å². The summed E-state index contributed by atoms with van der Waals surface area (Å²) in [5.41, 5.74) is 1.28. The highest BCUT2D eigenvalue weighted by Gasteiger charge is 2.09. The minimum absolute atomic E-state index is 0.476. The highest BCUT2D eigenvalue weighted by molar-refractivity contribution is 9.10. The second-order valence-electron chi connectivity index (χ2n) is 2.92. The topological polar surface area (TPSA) is 17.8 Å². The molecule has 0 saturated heterocycles. The van der Waals surface area contributed by atoms with E-state index in [2.05, 4.69) is 45.6 Å². The molecule has 0 atom stereocenters. The Balaban J connectivity index is 2.95. The van der Waals surface area contributed by atoms with Gasteiger partial charge in [0.25, 0.3) is 0 Å². The summed E-state index contributed by atoms with van der Waals surface area (Å²) in [6.07, 6.45) is 4.03. The zero-order valence-corrected chi connectivity index (χ0v) is 9.94. The van der Waals surface area contributed by atoms with Gasteiger partial charge in [0.2, 0.25) is 0 Å². The van der Waals surface area contributed by atoms with Gasteiger partial charge in [0.05, 0.1) is 6.20 Å². The van der Waals surface area contributed by atoms with E-state index < -0.39 is 0 Å². The summed E-state index contributed by atoms with van der Waals surface area (Å²) in [6.45, 7) is 4.33. The molecule has 0 aliphatic rings. The van der Waals surface area contributed by atoms with Gasteiger partial charge in [0, 0.05) is 17.5 Å². The van der Waals surface area contributed by atoms with Crippen LogP contribution in [0.4, 0.5) is 0 Å². The van der Waals surface area contributed by atoms with Crippen LogP contribution in [0, 0.1) is 0 Å². The van der Waals surface area contributed by atoms with Crippen LogP contribution >= 0.6 is 27.7 Å². The molecular weight excluding hydrogens is 236 g/mol. The van der Waals surface area contributed by atoms with Gasteiger partial charge in [-0.1, -0.05) is 0 Å². The lowest BCUT2D eigenvalue weighted by atomic mass is 10.4. The first-order valence-electron chi connectivity index (χ1n) is 3.87. The molecule has 0 bridgehead atoms. The number of nitrogens with zero attached hydrogens (tertiary/aromatic N) is 2. The Morgan fingerprint density at radius 3 is 2.83 bits per heavy atom. The van der Waals surface area contributed by atoms with Crippen LogP contribution in [0.15, 0.2) is 10.9 Å². The minimum atomic E-state index is 0.476. The lowest BCUT2D eigenvalue weighted by molar-refractivity contribution is 0.571. The maximum atomic E-state index is 4.22. The average Bonchev–Trinajstić information content (AvgIpc) is 2.32. The van der Waals surface area contributed by atoms with E-state index in [9.17, 15) is 0 Å². The summed E-state index contributed by atoms with van der Waals surface area (Å²) in [5, 5.41) is 0. The van der Waals surface area contributed by atoms with Crippen molar-refractivity contribution in [2.24, 2.45) is 0 Å². The average molecular weight is 249 g/mol. The third kappa shape index (κ3) is 2.04. The number of halogens is 1. The molecule has 2 nitrogen and oxygen atoms in total. The highest BCUT2D eigenvalue weighted by Crippen LogP contribution is 2.20. The molecule has 68 valence electrons. The number of rotatable bonds is 3. The Morgan fingerprint density at radius 1 is 1.67 bits per heavy atom. The van der Waals surface area contributed by atoms with Crippen molar-refractivity contribution in [1.82, 2.24) is 9.55 Å². The number of thioether (sulfide) groups is 1. The molecule has 0 aliphatic carbocycles. The summed E-state index contributed by atoms with van der Waals surface area (Å²) in [7, 11) is 0. The Bertz CT molecular complexity index is 258. The molecule has 0 aromatic carbocycles. The van der Waals surface area contributed by atoms with E-state index in [0.717, 1.165) is 10.5 Å². The fourth-order valence-electron chi connectivity index (χ4n) is 1.17. The summed E-state index contributed by atoms with van der Waals surface area (Å²) < 4.78 is 3.14. The Kier molecular flexibility index (Phi) is 3.65. The molecule has 0 aliphatic heterocycles. The number of hydrogen-bond acceptors (Lipinski definition) is 2. The van der Waals surface area contributed by atoms with Crippen LogP contribution in [0.3, 0.4) is 0 Å². The molecule has 12 heavy (non-hydrogen) atoms. The van der Waals surface area contributed by atoms with Crippen molar-refractivity contribution in [3.8, 4) is 0 Å². The van der Waals surface area contributed by atoms with Gasteiger partial charge in [-0.2, -0.15) is 11.8 Å². The molecule has 0 amide bonds. The molecule has 0 fully saturated rings. The first-order chi connectivity index (χ1) is 5.66. The number of aromatic nitrogens is 2. The smallest absolute Gasteiger partial charge is 0.177 e. The van der Waals surface area contributed by atoms with E-state index in [1.807, 2.05) is 18.0 Å². The number of hydrogen-bond donors (Lipinski definition) is 0. The predicted octanol–water partition coefficient (Wildman–Crippen LogP) is 3.09. The standard InChI is InChI=1S/C8H13BrN2S/c1-6(2)11-7(5-12-3)4-10-8(11)9/h4,6H,5H2,1-3H3. The van der Waals surface area contributed by atoms with E-state index in [4.69, 9.17) is 0 Å². The first kappa shape index (κ1) is 10.1. The van der Waals surface area contributed by atoms with Gasteiger partial charge < -0.3 is 4.57 Å². The summed E-state index contributed by atoms with van der Waals surface area (Å²) >= 11 is 5.25. The van der Waals surface area contributed by atoms with Crippen LogP contribution in [0.5, 0.6) is 0 Å². The normalized spacial score (nSPS) is 11.1. The van der Waals surface area contributed by atoms with Crippen molar-refractivity contribution >= 4 is 27.7 Å². The first-order valence-corrected chi connectivity index (χ1v) is 6.06.